The van der Waals surface area contributed by atoms with Gasteiger partial charge in [0, 0.05) is 26.1 Å². The Balaban J connectivity index is 1.98. The van der Waals surface area contributed by atoms with Crippen LogP contribution in [0.25, 0.3) is 0 Å². The van der Waals surface area contributed by atoms with Crippen LogP contribution in [0.3, 0.4) is 0 Å². The van der Waals surface area contributed by atoms with Gasteiger partial charge in [0.1, 0.15) is 5.75 Å². The number of phenols is 1. The Morgan fingerprint density at radius 3 is 2.41 bits per heavy atom. The lowest BCUT2D eigenvalue weighted by Crippen LogP contribution is -2.39. The molecule has 1 heterocycles. The Bertz CT molecular complexity index is 881. The van der Waals surface area contributed by atoms with Gasteiger partial charge in [-0.05, 0) is 66.6 Å². The zero-order valence-electron chi connectivity index (χ0n) is 16.3. The smallest absolute Gasteiger partial charge is 0.221 e. The fourth-order valence-corrected chi connectivity index (χ4v) is 4.05. The van der Waals surface area contributed by atoms with Gasteiger partial charge in [-0.25, -0.2) is 0 Å². The first-order chi connectivity index (χ1) is 12.8. The lowest BCUT2D eigenvalue weighted by Gasteiger charge is -2.37. The topological polar surface area (TPSA) is 69.6 Å². The van der Waals surface area contributed by atoms with Gasteiger partial charge < -0.3 is 15.3 Å². The second-order valence-electron chi connectivity index (χ2n) is 7.35. The first-order valence-corrected chi connectivity index (χ1v) is 9.23. The van der Waals surface area contributed by atoms with E-state index in [-0.39, 0.29) is 23.6 Å². The van der Waals surface area contributed by atoms with Crippen molar-refractivity contribution in [3.8, 4) is 5.75 Å². The van der Waals surface area contributed by atoms with Crippen molar-refractivity contribution in [3.63, 3.8) is 0 Å². The van der Waals surface area contributed by atoms with Crippen LogP contribution in [0.15, 0.2) is 30.3 Å². The average Bonchev–Trinajstić information content (AvgIpc) is 2.58. The van der Waals surface area contributed by atoms with E-state index in [1.54, 1.807) is 19.1 Å². The molecule has 0 fully saturated rings. The van der Waals surface area contributed by atoms with Gasteiger partial charge in [0.05, 0.1) is 6.04 Å². The number of aromatic hydroxyl groups is 1. The number of aryl methyl sites for hydroxylation is 2. The number of anilines is 1. The molecular weight excluding hydrogens is 340 g/mol. The van der Waals surface area contributed by atoms with Crippen molar-refractivity contribution in [1.82, 2.24) is 4.90 Å². The van der Waals surface area contributed by atoms with Crippen LogP contribution < -0.4 is 5.32 Å². The molecule has 0 aliphatic carbocycles. The normalized spacial score (nSPS) is 16.0. The van der Waals surface area contributed by atoms with Crippen LogP contribution in [0.4, 0.5) is 5.69 Å². The third-order valence-electron chi connectivity index (χ3n) is 5.21. The van der Waals surface area contributed by atoms with E-state index in [4.69, 9.17) is 0 Å². The number of nitrogens with zero attached hydrogens (tertiary/aromatic N) is 1. The van der Waals surface area contributed by atoms with E-state index in [0.717, 1.165) is 34.4 Å². The molecule has 0 spiro atoms. The minimum Gasteiger partial charge on any atom is -0.508 e. The molecule has 27 heavy (non-hydrogen) atoms. The predicted octanol–water partition coefficient (Wildman–Crippen LogP) is 3.66. The van der Waals surface area contributed by atoms with Crippen molar-refractivity contribution in [1.29, 1.82) is 0 Å². The number of nitrogens with one attached hydrogen (secondary N) is 1. The predicted molar refractivity (Wildman–Crippen MR) is 106 cm³/mol. The van der Waals surface area contributed by atoms with Gasteiger partial charge >= 0.3 is 0 Å². The number of fused-ring (bicyclic) bond motifs is 1. The Morgan fingerprint density at radius 1 is 1.15 bits per heavy atom. The molecule has 2 aromatic carbocycles. The Labute approximate surface area is 160 Å². The van der Waals surface area contributed by atoms with Crippen molar-refractivity contribution < 1.29 is 14.7 Å². The number of carbonyl (C=O) groups is 2. The van der Waals surface area contributed by atoms with E-state index >= 15 is 0 Å². The molecule has 1 atom stereocenters. The van der Waals surface area contributed by atoms with Crippen molar-refractivity contribution in [3.05, 3.63) is 58.1 Å². The van der Waals surface area contributed by atoms with Crippen LogP contribution in [-0.4, -0.2) is 28.4 Å². The van der Waals surface area contributed by atoms with E-state index in [1.165, 1.54) is 12.5 Å². The molecule has 5 heteroatoms. The number of carbonyl (C=O) groups excluding carboxylic acids is 2. The number of benzene rings is 2. The lowest BCUT2D eigenvalue weighted by atomic mass is 9.87. The van der Waals surface area contributed by atoms with Gasteiger partial charge in [0.2, 0.25) is 11.8 Å². The summed E-state index contributed by atoms with van der Waals surface area (Å²) in [4.78, 5) is 25.5. The summed E-state index contributed by atoms with van der Waals surface area (Å²) in [7, 11) is 0. The summed E-state index contributed by atoms with van der Waals surface area (Å²) in [6.07, 6.45) is 1.46. The molecule has 5 nitrogen and oxygen atoms in total. The molecule has 1 aliphatic heterocycles. The van der Waals surface area contributed by atoms with Crippen molar-refractivity contribution in [2.75, 3.05) is 11.9 Å². The molecule has 2 amide bonds. The highest BCUT2D eigenvalue weighted by Gasteiger charge is 2.29. The van der Waals surface area contributed by atoms with Crippen molar-refractivity contribution in [2.24, 2.45) is 0 Å². The maximum atomic E-state index is 12.2. The molecular formula is C22H26N2O3. The SMILES string of the molecule is CC(=O)Nc1c(C)cc(CC2c3cc(O)ccc3CCN2C(C)=O)cc1C. The summed E-state index contributed by atoms with van der Waals surface area (Å²) in [5.74, 6) is 0.170. The van der Waals surface area contributed by atoms with Gasteiger partial charge in [-0.2, -0.15) is 0 Å². The third kappa shape index (κ3) is 3.97. The standard InChI is InChI=1S/C22H26N2O3/c1-13-9-17(10-14(2)22(13)23-15(3)25)11-21-20-12-19(27)6-5-18(20)7-8-24(21)16(4)26/h5-6,9-10,12,21,27H,7-8,11H2,1-4H3,(H,23,25). The summed E-state index contributed by atoms with van der Waals surface area (Å²) in [6, 6.07) is 9.45. The fraction of sp³-hybridized carbons (Fsp3) is 0.364. The average molecular weight is 366 g/mol. The fourth-order valence-electron chi connectivity index (χ4n) is 4.05. The zero-order valence-corrected chi connectivity index (χ0v) is 16.3. The van der Waals surface area contributed by atoms with Gasteiger partial charge in [-0.3, -0.25) is 9.59 Å². The van der Waals surface area contributed by atoms with Crippen LogP contribution in [0, 0.1) is 13.8 Å². The molecule has 0 bridgehead atoms. The largest absolute Gasteiger partial charge is 0.508 e. The minimum absolute atomic E-state index is 0.0392. The molecule has 2 N–H and O–H groups in total. The van der Waals surface area contributed by atoms with Crippen molar-refractivity contribution >= 4 is 17.5 Å². The van der Waals surface area contributed by atoms with Crippen LogP contribution in [0.2, 0.25) is 0 Å². The highest BCUT2D eigenvalue weighted by atomic mass is 16.3. The number of rotatable bonds is 3. The monoisotopic (exact) mass is 366 g/mol. The zero-order chi connectivity index (χ0) is 19.7. The first kappa shape index (κ1) is 19.0. The summed E-state index contributed by atoms with van der Waals surface area (Å²) < 4.78 is 0. The molecule has 3 rings (SSSR count). The van der Waals surface area contributed by atoms with Gasteiger partial charge in [0.15, 0.2) is 0 Å². The number of amides is 2. The number of hydrogen-bond donors (Lipinski definition) is 2. The molecule has 0 saturated heterocycles. The molecule has 142 valence electrons. The Kier molecular flexibility index (Phi) is 5.22. The van der Waals surface area contributed by atoms with Crippen LogP contribution in [0.1, 0.15) is 47.7 Å². The molecule has 1 unspecified atom stereocenters. The highest BCUT2D eigenvalue weighted by molar-refractivity contribution is 5.90. The quantitative estimate of drug-likeness (QED) is 0.871. The lowest BCUT2D eigenvalue weighted by molar-refractivity contribution is -0.131. The first-order valence-electron chi connectivity index (χ1n) is 9.23. The summed E-state index contributed by atoms with van der Waals surface area (Å²) in [5.41, 5.74) is 6.14. The molecule has 0 saturated carbocycles. The van der Waals surface area contributed by atoms with Crippen LogP contribution >= 0.6 is 0 Å². The van der Waals surface area contributed by atoms with Crippen LogP contribution in [0.5, 0.6) is 5.75 Å². The van der Waals surface area contributed by atoms with Gasteiger partial charge in [-0.15, -0.1) is 0 Å². The van der Waals surface area contributed by atoms with E-state index in [0.29, 0.717) is 13.0 Å². The molecule has 0 aromatic heterocycles. The van der Waals surface area contributed by atoms with Gasteiger partial charge in [0.25, 0.3) is 0 Å². The molecule has 0 radical (unpaired) electrons. The van der Waals surface area contributed by atoms with E-state index in [2.05, 4.69) is 17.4 Å². The summed E-state index contributed by atoms with van der Waals surface area (Å²) in [5, 5.41) is 12.8. The van der Waals surface area contributed by atoms with Crippen molar-refractivity contribution in [2.45, 2.75) is 46.6 Å². The van der Waals surface area contributed by atoms with Crippen LogP contribution in [-0.2, 0) is 22.4 Å². The summed E-state index contributed by atoms with van der Waals surface area (Å²) >= 11 is 0. The Morgan fingerprint density at radius 2 is 1.81 bits per heavy atom. The highest BCUT2D eigenvalue weighted by Crippen LogP contribution is 2.35. The maximum Gasteiger partial charge on any atom is 0.221 e. The second kappa shape index (κ2) is 7.43. The Hall–Kier alpha value is -2.82. The molecule has 2 aromatic rings. The summed E-state index contributed by atoms with van der Waals surface area (Å²) in [6.45, 7) is 7.73. The number of phenolic OH excluding ortho intramolecular Hbond substituents is 1. The minimum atomic E-state index is -0.108. The van der Waals surface area contributed by atoms with E-state index in [9.17, 15) is 14.7 Å². The third-order valence-corrected chi connectivity index (χ3v) is 5.21. The van der Waals surface area contributed by atoms with E-state index < -0.39 is 0 Å². The van der Waals surface area contributed by atoms with Gasteiger partial charge in [-0.1, -0.05) is 18.2 Å². The van der Waals surface area contributed by atoms with E-state index in [1.807, 2.05) is 24.8 Å². The molecule has 1 aliphatic rings. The number of hydrogen-bond acceptors (Lipinski definition) is 3. The maximum absolute atomic E-state index is 12.2. The second-order valence-corrected chi connectivity index (χ2v) is 7.35.